The number of carbonyl (C=O) groups excluding carboxylic acids is 1. The molecule has 25 heavy (non-hydrogen) atoms. The molecule has 3 rings (SSSR count). The Morgan fingerprint density at radius 1 is 1.16 bits per heavy atom. The van der Waals surface area contributed by atoms with Gasteiger partial charge in [-0.15, -0.1) is 0 Å². The van der Waals surface area contributed by atoms with Gasteiger partial charge in [0.2, 0.25) is 5.91 Å². The molecule has 0 bridgehead atoms. The van der Waals surface area contributed by atoms with Crippen molar-refractivity contribution in [3.63, 3.8) is 0 Å². The molecule has 0 saturated carbocycles. The summed E-state index contributed by atoms with van der Waals surface area (Å²) in [5.74, 6) is 0.916. The molecule has 132 valence electrons. The molecule has 1 aliphatic rings. The number of nitrogens with zero attached hydrogens (tertiary/aromatic N) is 1. The minimum absolute atomic E-state index is 0.0535. The molecule has 1 heterocycles. The van der Waals surface area contributed by atoms with Gasteiger partial charge in [0.25, 0.3) is 0 Å². The number of nitrogens with one attached hydrogen (secondary N) is 1. The third-order valence-corrected chi connectivity index (χ3v) is 4.96. The van der Waals surface area contributed by atoms with Crippen molar-refractivity contribution >= 4 is 11.6 Å². The van der Waals surface area contributed by atoms with E-state index in [-0.39, 0.29) is 5.91 Å². The summed E-state index contributed by atoms with van der Waals surface area (Å²) in [6.07, 6.45) is 2.20. The molecular formula is C21H26N2O2. The lowest BCUT2D eigenvalue weighted by Crippen LogP contribution is -2.33. The van der Waals surface area contributed by atoms with E-state index in [2.05, 4.69) is 22.3 Å². The van der Waals surface area contributed by atoms with E-state index < -0.39 is 0 Å². The summed E-state index contributed by atoms with van der Waals surface area (Å²) < 4.78 is 5.23. The van der Waals surface area contributed by atoms with Gasteiger partial charge in [-0.05, 0) is 62.1 Å². The van der Waals surface area contributed by atoms with Crippen LogP contribution >= 0.6 is 0 Å². The van der Waals surface area contributed by atoms with Crippen LogP contribution in [0.5, 0.6) is 5.75 Å². The Bertz CT molecular complexity index is 720. The number of para-hydroxylation sites is 1. The number of benzene rings is 2. The van der Waals surface area contributed by atoms with E-state index >= 15 is 0 Å². The van der Waals surface area contributed by atoms with Crippen LogP contribution in [0.3, 0.4) is 0 Å². The summed E-state index contributed by atoms with van der Waals surface area (Å²) >= 11 is 0. The highest BCUT2D eigenvalue weighted by molar-refractivity contribution is 5.93. The number of methoxy groups -OCH3 is 1. The minimum atomic E-state index is 0.0535. The monoisotopic (exact) mass is 338 g/mol. The van der Waals surface area contributed by atoms with Gasteiger partial charge >= 0.3 is 0 Å². The van der Waals surface area contributed by atoms with Crippen molar-refractivity contribution in [3.05, 3.63) is 59.2 Å². The van der Waals surface area contributed by atoms with E-state index in [1.807, 2.05) is 44.2 Å². The highest BCUT2D eigenvalue weighted by Crippen LogP contribution is 2.32. The van der Waals surface area contributed by atoms with Crippen molar-refractivity contribution < 1.29 is 9.53 Å². The minimum Gasteiger partial charge on any atom is -0.497 e. The predicted molar refractivity (Wildman–Crippen MR) is 101 cm³/mol. The SMILES string of the molecule is COc1ccc([C@@H]2CCCN2CC(=O)Nc2c(C)cccc2C)cc1. The van der Waals surface area contributed by atoms with Crippen LogP contribution in [0.15, 0.2) is 42.5 Å². The van der Waals surface area contributed by atoms with Gasteiger partial charge in [0.05, 0.1) is 13.7 Å². The van der Waals surface area contributed by atoms with E-state index in [0.717, 1.165) is 42.0 Å². The highest BCUT2D eigenvalue weighted by atomic mass is 16.5. The zero-order valence-corrected chi connectivity index (χ0v) is 15.2. The van der Waals surface area contributed by atoms with Gasteiger partial charge < -0.3 is 10.1 Å². The van der Waals surface area contributed by atoms with Crippen molar-refractivity contribution in [3.8, 4) is 5.75 Å². The maximum atomic E-state index is 12.6. The summed E-state index contributed by atoms with van der Waals surface area (Å²) in [7, 11) is 1.68. The molecule has 2 aromatic rings. The molecule has 0 aliphatic carbocycles. The second kappa shape index (κ2) is 7.70. The molecule has 4 nitrogen and oxygen atoms in total. The lowest BCUT2D eigenvalue weighted by Gasteiger charge is -2.24. The largest absolute Gasteiger partial charge is 0.497 e. The number of carbonyl (C=O) groups is 1. The van der Waals surface area contributed by atoms with Crippen molar-refractivity contribution in [2.24, 2.45) is 0 Å². The number of hydrogen-bond donors (Lipinski definition) is 1. The first-order valence-corrected chi connectivity index (χ1v) is 8.82. The molecule has 2 aromatic carbocycles. The van der Waals surface area contributed by atoms with Gasteiger partial charge in [0.15, 0.2) is 0 Å². The van der Waals surface area contributed by atoms with Crippen LogP contribution < -0.4 is 10.1 Å². The first-order chi connectivity index (χ1) is 12.1. The number of likely N-dealkylation sites (tertiary alicyclic amines) is 1. The summed E-state index contributed by atoms with van der Waals surface area (Å²) in [6, 6.07) is 14.5. The first-order valence-electron chi connectivity index (χ1n) is 8.82. The summed E-state index contributed by atoms with van der Waals surface area (Å²) in [6.45, 7) is 5.43. The van der Waals surface area contributed by atoms with Crippen LogP contribution in [0, 0.1) is 13.8 Å². The average Bonchev–Trinajstić information content (AvgIpc) is 3.06. The third kappa shape index (κ3) is 4.02. The van der Waals surface area contributed by atoms with E-state index in [1.165, 1.54) is 5.56 Å². The number of aryl methyl sites for hydroxylation is 2. The van der Waals surface area contributed by atoms with Gasteiger partial charge in [-0.3, -0.25) is 9.69 Å². The Labute approximate surface area is 149 Å². The smallest absolute Gasteiger partial charge is 0.238 e. The quantitative estimate of drug-likeness (QED) is 0.893. The molecule has 0 unspecified atom stereocenters. The molecule has 1 N–H and O–H groups in total. The lowest BCUT2D eigenvalue weighted by atomic mass is 10.0. The van der Waals surface area contributed by atoms with Crippen LogP contribution in [0.2, 0.25) is 0 Å². The summed E-state index contributed by atoms with van der Waals surface area (Å²) in [5, 5.41) is 3.10. The third-order valence-electron chi connectivity index (χ3n) is 4.96. The second-order valence-corrected chi connectivity index (χ2v) is 6.72. The van der Waals surface area contributed by atoms with E-state index in [0.29, 0.717) is 12.6 Å². The van der Waals surface area contributed by atoms with Crippen LogP contribution in [0.25, 0.3) is 0 Å². The molecule has 1 aliphatic heterocycles. The molecular weight excluding hydrogens is 312 g/mol. The molecule has 1 atom stereocenters. The number of amides is 1. The highest BCUT2D eigenvalue weighted by Gasteiger charge is 2.27. The van der Waals surface area contributed by atoms with Crippen LogP contribution in [0.1, 0.15) is 35.6 Å². The second-order valence-electron chi connectivity index (χ2n) is 6.72. The fraction of sp³-hybridized carbons (Fsp3) is 0.381. The molecule has 1 amide bonds. The van der Waals surface area contributed by atoms with E-state index in [1.54, 1.807) is 7.11 Å². The lowest BCUT2D eigenvalue weighted by molar-refractivity contribution is -0.117. The number of anilines is 1. The first kappa shape index (κ1) is 17.5. The summed E-state index contributed by atoms with van der Waals surface area (Å²) in [4.78, 5) is 14.8. The van der Waals surface area contributed by atoms with Gasteiger partial charge in [-0.1, -0.05) is 30.3 Å². The standard InChI is InChI=1S/C21H26N2O2/c1-15-6-4-7-16(2)21(15)22-20(24)14-23-13-5-8-19(23)17-9-11-18(25-3)12-10-17/h4,6-7,9-12,19H,5,8,13-14H2,1-3H3,(H,22,24)/t19-/m0/s1. The van der Waals surface area contributed by atoms with Gasteiger partial charge in [0.1, 0.15) is 5.75 Å². The Kier molecular flexibility index (Phi) is 5.39. The zero-order valence-electron chi connectivity index (χ0n) is 15.2. The Morgan fingerprint density at radius 3 is 2.48 bits per heavy atom. The van der Waals surface area contributed by atoms with Gasteiger partial charge in [0, 0.05) is 11.7 Å². The zero-order chi connectivity index (χ0) is 17.8. The Morgan fingerprint density at radius 2 is 1.84 bits per heavy atom. The number of rotatable bonds is 5. The van der Waals surface area contributed by atoms with E-state index in [4.69, 9.17) is 4.74 Å². The van der Waals surface area contributed by atoms with Crippen molar-refractivity contribution in [1.29, 1.82) is 0 Å². The maximum Gasteiger partial charge on any atom is 0.238 e. The molecule has 1 saturated heterocycles. The number of hydrogen-bond acceptors (Lipinski definition) is 3. The fourth-order valence-electron chi connectivity index (χ4n) is 3.59. The average molecular weight is 338 g/mol. The van der Waals surface area contributed by atoms with Crippen LogP contribution in [0.4, 0.5) is 5.69 Å². The Balaban J connectivity index is 1.67. The normalized spacial score (nSPS) is 17.5. The van der Waals surface area contributed by atoms with Crippen molar-refractivity contribution in [2.75, 3.05) is 25.5 Å². The van der Waals surface area contributed by atoms with Crippen molar-refractivity contribution in [1.82, 2.24) is 4.90 Å². The Hall–Kier alpha value is -2.33. The van der Waals surface area contributed by atoms with Crippen LogP contribution in [-0.2, 0) is 4.79 Å². The van der Waals surface area contributed by atoms with Gasteiger partial charge in [-0.25, -0.2) is 0 Å². The summed E-state index contributed by atoms with van der Waals surface area (Å²) in [5.41, 5.74) is 4.38. The molecule has 4 heteroatoms. The molecule has 0 aromatic heterocycles. The van der Waals surface area contributed by atoms with Crippen LogP contribution in [-0.4, -0.2) is 31.0 Å². The fourth-order valence-corrected chi connectivity index (χ4v) is 3.59. The maximum absolute atomic E-state index is 12.6. The predicted octanol–water partition coefficient (Wildman–Crippen LogP) is 4.09. The molecule has 0 radical (unpaired) electrons. The number of ether oxygens (including phenoxy) is 1. The molecule has 1 fully saturated rings. The van der Waals surface area contributed by atoms with Crippen molar-refractivity contribution in [2.45, 2.75) is 32.7 Å². The molecule has 0 spiro atoms. The van der Waals surface area contributed by atoms with Gasteiger partial charge in [-0.2, -0.15) is 0 Å². The van der Waals surface area contributed by atoms with E-state index in [9.17, 15) is 4.79 Å². The topological polar surface area (TPSA) is 41.6 Å².